The summed E-state index contributed by atoms with van der Waals surface area (Å²) in [6, 6.07) is 8.18. The first-order valence-corrected chi connectivity index (χ1v) is 6.29. The fourth-order valence-corrected chi connectivity index (χ4v) is 2.41. The van der Waals surface area contributed by atoms with E-state index in [4.69, 9.17) is 0 Å². The third-order valence-electron chi connectivity index (χ3n) is 3.26. The van der Waals surface area contributed by atoms with Gasteiger partial charge in [0.2, 0.25) is 5.91 Å². The molecule has 1 aromatic carbocycles. The maximum atomic E-state index is 12.3. The average Bonchev–Trinajstić information content (AvgIpc) is 2.36. The highest BCUT2D eigenvalue weighted by molar-refractivity contribution is 5.81. The first kappa shape index (κ1) is 12.7. The fraction of sp³-hybridized carbons (Fsp3) is 0.400. The van der Waals surface area contributed by atoms with E-state index in [2.05, 4.69) is 24.0 Å². The lowest BCUT2D eigenvalue weighted by atomic mass is 9.93. The monoisotopic (exact) mass is 244 g/mol. The van der Waals surface area contributed by atoms with Gasteiger partial charge in [0.25, 0.3) is 0 Å². The molecule has 96 valence electrons. The van der Waals surface area contributed by atoms with Crippen LogP contribution in [0.5, 0.6) is 0 Å². The Morgan fingerprint density at radius 3 is 2.94 bits per heavy atom. The molecule has 2 rings (SSSR count). The molecule has 1 unspecified atom stereocenters. The molecule has 1 N–H and O–H groups in total. The van der Waals surface area contributed by atoms with Crippen LogP contribution in [0.15, 0.2) is 36.4 Å². The highest BCUT2D eigenvalue weighted by atomic mass is 16.2. The SMILES string of the molecule is C=C(C)CN(C)C(=O)C1CNc2ccccc2C1. The number of carbonyl (C=O) groups is 1. The van der Waals surface area contributed by atoms with Crippen molar-refractivity contribution in [3.8, 4) is 0 Å². The Labute approximate surface area is 108 Å². The maximum absolute atomic E-state index is 12.3. The number of hydrogen-bond acceptors (Lipinski definition) is 2. The van der Waals surface area contributed by atoms with Crippen molar-refractivity contribution in [3.63, 3.8) is 0 Å². The molecule has 0 spiro atoms. The summed E-state index contributed by atoms with van der Waals surface area (Å²) in [4.78, 5) is 14.1. The molecule has 3 heteroatoms. The second kappa shape index (κ2) is 5.25. The molecule has 1 aliphatic rings. The molecule has 0 aliphatic carbocycles. The van der Waals surface area contributed by atoms with E-state index in [0.29, 0.717) is 6.54 Å². The first-order chi connectivity index (χ1) is 8.58. The highest BCUT2D eigenvalue weighted by Gasteiger charge is 2.26. The van der Waals surface area contributed by atoms with E-state index in [-0.39, 0.29) is 11.8 Å². The van der Waals surface area contributed by atoms with Crippen LogP contribution in [0, 0.1) is 5.92 Å². The predicted molar refractivity (Wildman–Crippen MR) is 74.6 cm³/mol. The zero-order valence-corrected chi connectivity index (χ0v) is 11.1. The van der Waals surface area contributed by atoms with E-state index >= 15 is 0 Å². The summed E-state index contributed by atoms with van der Waals surface area (Å²) in [6.45, 7) is 7.15. The van der Waals surface area contributed by atoms with Crippen LogP contribution < -0.4 is 5.32 Å². The van der Waals surface area contributed by atoms with E-state index in [1.54, 1.807) is 4.90 Å². The number of amides is 1. The Morgan fingerprint density at radius 2 is 2.22 bits per heavy atom. The van der Waals surface area contributed by atoms with Gasteiger partial charge in [0, 0.05) is 25.8 Å². The predicted octanol–water partition coefficient (Wildman–Crippen LogP) is 2.31. The number of anilines is 1. The van der Waals surface area contributed by atoms with Crippen LogP contribution in [-0.4, -0.2) is 30.9 Å². The minimum atomic E-state index is 0.0317. The van der Waals surface area contributed by atoms with Crippen molar-refractivity contribution in [2.45, 2.75) is 13.3 Å². The number of para-hydroxylation sites is 1. The standard InChI is InChI=1S/C15H20N2O/c1-11(2)10-17(3)15(18)13-8-12-6-4-5-7-14(12)16-9-13/h4-7,13,16H,1,8-10H2,2-3H3. The van der Waals surface area contributed by atoms with Gasteiger partial charge in [-0.25, -0.2) is 0 Å². The summed E-state index contributed by atoms with van der Waals surface area (Å²) in [5.74, 6) is 0.226. The van der Waals surface area contributed by atoms with Crippen LogP contribution in [0.3, 0.4) is 0 Å². The fourth-order valence-electron chi connectivity index (χ4n) is 2.41. The van der Waals surface area contributed by atoms with Crippen molar-refractivity contribution in [2.24, 2.45) is 5.92 Å². The summed E-state index contributed by atoms with van der Waals surface area (Å²) < 4.78 is 0. The van der Waals surface area contributed by atoms with Crippen molar-refractivity contribution in [1.29, 1.82) is 0 Å². The summed E-state index contributed by atoms with van der Waals surface area (Å²) in [7, 11) is 1.84. The van der Waals surface area contributed by atoms with E-state index in [0.717, 1.165) is 24.2 Å². The minimum absolute atomic E-state index is 0.0317. The van der Waals surface area contributed by atoms with Crippen molar-refractivity contribution in [1.82, 2.24) is 4.90 Å². The lowest BCUT2D eigenvalue weighted by molar-refractivity contribution is -0.133. The molecule has 1 aliphatic heterocycles. The summed E-state index contributed by atoms with van der Waals surface area (Å²) in [5, 5.41) is 3.33. The van der Waals surface area contributed by atoms with Crippen LogP contribution >= 0.6 is 0 Å². The number of nitrogens with one attached hydrogen (secondary N) is 1. The second-order valence-electron chi connectivity index (χ2n) is 5.09. The number of rotatable bonds is 3. The highest BCUT2D eigenvalue weighted by Crippen LogP contribution is 2.25. The first-order valence-electron chi connectivity index (χ1n) is 6.29. The molecule has 0 fully saturated rings. The summed E-state index contributed by atoms with van der Waals surface area (Å²) >= 11 is 0. The Hall–Kier alpha value is -1.77. The van der Waals surface area contributed by atoms with Crippen LogP contribution in [0.1, 0.15) is 12.5 Å². The number of benzene rings is 1. The summed E-state index contributed by atoms with van der Waals surface area (Å²) in [6.07, 6.45) is 0.822. The molecular formula is C15H20N2O. The Balaban J connectivity index is 2.04. The molecule has 1 amide bonds. The second-order valence-corrected chi connectivity index (χ2v) is 5.09. The van der Waals surface area contributed by atoms with E-state index in [1.807, 2.05) is 26.1 Å². The van der Waals surface area contributed by atoms with Crippen molar-refractivity contribution in [3.05, 3.63) is 42.0 Å². The quantitative estimate of drug-likeness (QED) is 0.827. The zero-order valence-electron chi connectivity index (χ0n) is 11.1. The average molecular weight is 244 g/mol. The van der Waals surface area contributed by atoms with Gasteiger partial charge in [0.15, 0.2) is 0 Å². The molecule has 0 saturated heterocycles. The molecule has 1 aromatic rings. The van der Waals surface area contributed by atoms with E-state index < -0.39 is 0 Å². The maximum Gasteiger partial charge on any atom is 0.227 e. The molecule has 0 aromatic heterocycles. The van der Waals surface area contributed by atoms with Crippen molar-refractivity contribution in [2.75, 3.05) is 25.5 Å². The number of nitrogens with zero attached hydrogens (tertiary/aromatic N) is 1. The van der Waals surface area contributed by atoms with Gasteiger partial charge in [0.05, 0.1) is 5.92 Å². The van der Waals surface area contributed by atoms with Gasteiger partial charge in [-0.15, -0.1) is 0 Å². The van der Waals surface area contributed by atoms with Crippen molar-refractivity contribution < 1.29 is 4.79 Å². The van der Waals surface area contributed by atoms with Gasteiger partial charge in [-0.1, -0.05) is 30.4 Å². The Morgan fingerprint density at radius 1 is 1.50 bits per heavy atom. The largest absolute Gasteiger partial charge is 0.384 e. The van der Waals surface area contributed by atoms with Gasteiger partial charge < -0.3 is 10.2 Å². The van der Waals surface area contributed by atoms with Gasteiger partial charge in [0.1, 0.15) is 0 Å². The molecule has 0 radical (unpaired) electrons. The number of hydrogen-bond donors (Lipinski definition) is 1. The van der Waals surface area contributed by atoms with E-state index in [1.165, 1.54) is 5.56 Å². The lowest BCUT2D eigenvalue weighted by Gasteiger charge is -2.29. The number of carbonyl (C=O) groups excluding carboxylic acids is 1. The van der Waals surface area contributed by atoms with Gasteiger partial charge >= 0.3 is 0 Å². The summed E-state index contributed by atoms with van der Waals surface area (Å²) in [5.41, 5.74) is 3.39. The van der Waals surface area contributed by atoms with Crippen LogP contribution in [0.2, 0.25) is 0 Å². The third kappa shape index (κ3) is 2.73. The van der Waals surface area contributed by atoms with Crippen LogP contribution in [0.25, 0.3) is 0 Å². The van der Waals surface area contributed by atoms with Crippen LogP contribution in [-0.2, 0) is 11.2 Å². The molecule has 1 heterocycles. The van der Waals surface area contributed by atoms with Gasteiger partial charge in [-0.2, -0.15) is 0 Å². The third-order valence-corrected chi connectivity index (χ3v) is 3.26. The molecular weight excluding hydrogens is 224 g/mol. The Kier molecular flexibility index (Phi) is 3.70. The molecule has 0 saturated carbocycles. The minimum Gasteiger partial charge on any atom is -0.384 e. The smallest absolute Gasteiger partial charge is 0.227 e. The normalized spacial score (nSPS) is 17.6. The van der Waals surface area contributed by atoms with Crippen LogP contribution in [0.4, 0.5) is 5.69 Å². The molecule has 18 heavy (non-hydrogen) atoms. The molecule has 1 atom stereocenters. The Bertz CT molecular complexity index is 467. The van der Waals surface area contributed by atoms with Gasteiger partial charge in [-0.05, 0) is 25.0 Å². The zero-order chi connectivity index (χ0) is 13.1. The van der Waals surface area contributed by atoms with E-state index in [9.17, 15) is 4.79 Å². The number of fused-ring (bicyclic) bond motifs is 1. The lowest BCUT2D eigenvalue weighted by Crippen LogP contribution is -2.39. The number of likely N-dealkylation sites (N-methyl/N-ethyl adjacent to an activating group) is 1. The molecule has 3 nitrogen and oxygen atoms in total. The molecule has 0 bridgehead atoms. The van der Waals surface area contributed by atoms with Gasteiger partial charge in [-0.3, -0.25) is 4.79 Å². The topological polar surface area (TPSA) is 32.3 Å². The van der Waals surface area contributed by atoms with Crippen molar-refractivity contribution >= 4 is 11.6 Å².